The molecule has 2 N–H and O–H groups in total. The van der Waals surface area contributed by atoms with Crippen molar-refractivity contribution in [3.8, 4) is 0 Å². The fraction of sp³-hybridized carbons (Fsp3) is 0.538. The van der Waals surface area contributed by atoms with Crippen LogP contribution in [0.3, 0.4) is 0 Å². The normalized spacial score (nSPS) is 17.8. The van der Waals surface area contributed by atoms with Crippen LogP contribution in [-0.4, -0.2) is 38.1 Å². The predicted molar refractivity (Wildman–Crippen MR) is 69.7 cm³/mol. The van der Waals surface area contributed by atoms with E-state index in [1.807, 2.05) is 6.07 Å². The van der Waals surface area contributed by atoms with Crippen molar-refractivity contribution in [2.75, 3.05) is 37.8 Å². The molecule has 1 heterocycles. The van der Waals surface area contributed by atoms with Gasteiger partial charge in [-0.1, -0.05) is 6.07 Å². The van der Waals surface area contributed by atoms with E-state index < -0.39 is 0 Å². The molecule has 3 nitrogen and oxygen atoms in total. The Bertz CT molecular complexity index is 384. The zero-order valence-corrected chi connectivity index (χ0v) is 10.5. The van der Waals surface area contributed by atoms with Crippen molar-refractivity contribution >= 4 is 11.4 Å². The molecule has 1 saturated heterocycles. The summed E-state index contributed by atoms with van der Waals surface area (Å²) in [4.78, 5) is 4.44. The average Bonchev–Trinajstić information content (AvgIpc) is 2.33. The van der Waals surface area contributed by atoms with Crippen molar-refractivity contribution in [3.63, 3.8) is 0 Å². The third-order valence-electron chi connectivity index (χ3n) is 3.57. The van der Waals surface area contributed by atoms with Gasteiger partial charge in [-0.3, -0.25) is 0 Å². The van der Waals surface area contributed by atoms with Gasteiger partial charge in [-0.15, -0.1) is 0 Å². The van der Waals surface area contributed by atoms with Gasteiger partial charge in [0.1, 0.15) is 5.82 Å². The quantitative estimate of drug-likeness (QED) is 0.798. The fourth-order valence-corrected chi connectivity index (χ4v) is 2.42. The van der Waals surface area contributed by atoms with Gasteiger partial charge in [0.25, 0.3) is 0 Å². The van der Waals surface area contributed by atoms with Crippen LogP contribution in [0.15, 0.2) is 18.2 Å². The number of piperidine rings is 1. The third-order valence-corrected chi connectivity index (χ3v) is 3.57. The smallest absolute Gasteiger partial charge is 0.148 e. The molecule has 0 amide bonds. The van der Waals surface area contributed by atoms with E-state index in [1.54, 1.807) is 6.07 Å². The maximum absolute atomic E-state index is 13.4. The van der Waals surface area contributed by atoms with Gasteiger partial charge < -0.3 is 15.5 Å². The molecule has 0 radical (unpaired) electrons. The first kappa shape index (κ1) is 12.2. The number of nitrogens with zero attached hydrogens (tertiary/aromatic N) is 2. The number of hydrogen-bond donors (Lipinski definition) is 1. The van der Waals surface area contributed by atoms with Crippen molar-refractivity contribution in [1.82, 2.24) is 4.90 Å². The van der Waals surface area contributed by atoms with Gasteiger partial charge in [0, 0.05) is 19.1 Å². The van der Waals surface area contributed by atoms with E-state index in [4.69, 9.17) is 5.73 Å². The summed E-state index contributed by atoms with van der Waals surface area (Å²) in [5.74, 6) is -0.322. The molecule has 1 aromatic rings. The lowest BCUT2D eigenvalue weighted by atomic mass is 10.0. The lowest BCUT2D eigenvalue weighted by Gasteiger charge is -2.36. The van der Waals surface area contributed by atoms with E-state index in [1.165, 1.54) is 6.07 Å². The number of nitrogen functional groups attached to an aromatic ring is 1. The van der Waals surface area contributed by atoms with Gasteiger partial charge in [0.2, 0.25) is 0 Å². The fourth-order valence-electron chi connectivity index (χ4n) is 2.42. The molecular weight excluding hydrogens is 217 g/mol. The number of anilines is 2. The molecule has 1 fully saturated rings. The second-order valence-corrected chi connectivity index (χ2v) is 4.85. The second kappa shape index (κ2) is 4.92. The monoisotopic (exact) mass is 237 g/mol. The first-order valence-corrected chi connectivity index (χ1v) is 6.05. The summed E-state index contributed by atoms with van der Waals surface area (Å²) in [5.41, 5.74) is 6.89. The Hall–Kier alpha value is -1.29. The van der Waals surface area contributed by atoms with Crippen LogP contribution in [-0.2, 0) is 0 Å². The Morgan fingerprint density at radius 1 is 1.29 bits per heavy atom. The van der Waals surface area contributed by atoms with Gasteiger partial charge in [-0.05, 0) is 39.1 Å². The van der Waals surface area contributed by atoms with Gasteiger partial charge in [-0.2, -0.15) is 0 Å². The van der Waals surface area contributed by atoms with Crippen LogP contribution >= 0.6 is 0 Å². The molecule has 0 saturated carbocycles. The van der Waals surface area contributed by atoms with Crippen molar-refractivity contribution < 1.29 is 4.39 Å². The molecule has 2 rings (SSSR count). The highest BCUT2D eigenvalue weighted by Crippen LogP contribution is 2.28. The van der Waals surface area contributed by atoms with E-state index in [-0.39, 0.29) is 11.5 Å². The molecule has 0 bridgehead atoms. The third kappa shape index (κ3) is 2.52. The van der Waals surface area contributed by atoms with Crippen LogP contribution in [0.5, 0.6) is 0 Å². The Morgan fingerprint density at radius 2 is 1.94 bits per heavy atom. The first-order valence-electron chi connectivity index (χ1n) is 6.05. The number of benzene rings is 1. The number of rotatable bonds is 2. The number of halogens is 1. The zero-order chi connectivity index (χ0) is 12.4. The van der Waals surface area contributed by atoms with E-state index in [0.717, 1.165) is 31.6 Å². The van der Waals surface area contributed by atoms with Gasteiger partial charge in [0.15, 0.2) is 0 Å². The number of hydrogen-bond acceptors (Lipinski definition) is 3. The summed E-state index contributed by atoms with van der Waals surface area (Å²) in [5, 5.41) is 0. The second-order valence-electron chi connectivity index (χ2n) is 4.85. The van der Waals surface area contributed by atoms with E-state index in [2.05, 4.69) is 23.9 Å². The van der Waals surface area contributed by atoms with E-state index in [0.29, 0.717) is 6.04 Å². The number of nitrogens with two attached hydrogens (primary N) is 1. The Morgan fingerprint density at radius 3 is 2.53 bits per heavy atom. The van der Waals surface area contributed by atoms with Crippen LogP contribution in [0.25, 0.3) is 0 Å². The predicted octanol–water partition coefficient (Wildman–Crippen LogP) is 1.94. The topological polar surface area (TPSA) is 32.5 Å². The maximum Gasteiger partial charge on any atom is 0.148 e. The highest BCUT2D eigenvalue weighted by atomic mass is 19.1. The van der Waals surface area contributed by atoms with Crippen LogP contribution in [0.4, 0.5) is 15.8 Å². The summed E-state index contributed by atoms with van der Waals surface area (Å²) in [6.45, 7) is 1.88. The van der Waals surface area contributed by atoms with Gasteiger partial charge in [0.05, 0.1) is 11.4 Å². The Balaban J connectivity index is 2.08. The first-order chi connectivity index (χ1) is 8.09. The Labute approximate surface area is 102 Å². The molecule has 1 aliphatic rings. The van der Waals surface area contributed by atoms with Crippen molar-refractivity contribution in [2.45, 2.75) is 18.9 Å². The lowest BCUT2D eigenvalue weighted by Crippen LogP contribution is -2.42. The van der Waals surface area contributed by atoms with Crippen molar-refractivity contribution in [3.05, 3.63) is 24.0 Å². The van der Waals surface area contributed by atoms with Crippen molar-refractivity contribution in [1.29, 1.82) is 0 Å². The van der Waals surface area contributed by atoms with Crippen LogP contribution < -0.4 is 10.6 Å². The number of para-hydroxylation sites is 1. The molecule has 0 aliphatic carbocycles. The molecule has 0 atom stereocenters. The maximum atomic E-state index is 13.4. The summed E-state index contributed by atoms with van der Waals surface area (Å²) >= 11 is 0. The van der Waals surface area contributed by atoms with Gasteiger partial charge >= 0.3 is 0 Å². The highest BCUT2D eigenvalue weighted by molar-refractivity contribution is 5.68. The van der Waals surface area contributed by atoms with Gasteiger partial charge in [-0.25, -0.2) is 4.39 Å². The molecule has 0 aromatic heterocycles. The summed E-state index contributed by atoms with van der Waals surface area (Å²) in [6, 6.07) is 5.65. The molecular formula is C13H20FN3. The molecule has 4 heteroatoms. The highest BCUT2D eigenvalue weighted by Gasteiger charge is 2.22. The van der Waals surface area contributed by atoms with E-state index in [9.17, 15) is 4.39 Å². The standard InChI is InChI=1S/C13H20FN3/c1-16(2)10-6-8-17(9-7-10)12-5-3-4-11(14)13(12)15/h3-5,10H,6-9,15H2,1-2H3. The summed E-state index contributed by atoms with van der Waals surface area (Å²) in [6.07, 6.45) is 2.20. The van der Waals surface area contributed by atoms with Crippen LogP contribution in [0.2, 0.25) is 0 Å². The molecule has 0 spiro atoms. The summed E-state index contributed by atoms with van der Waals surface area (Å²) in [7, 11) is 4.22. The van der Waals surface area contributed by atoms with Crippen LogP contribution in [0, 0.1) is 5.82 Å². The minimum Gasteiger partial charge on any atom is -0.395 e. The Kier molecular flexibility index (Phi) is 3.52. The molecule has 1 aromatic carbocycles. The van der Waals surface area contributed by atoms with Crippen LogP contribution in [0.1, 0.15) is 12.8 Å². The van der Waals surface area contributed by atoms with E-state index >= 15 is 0 Å². The summed E-state index contributed by atoms with van der Waals surface area (Å²) < 4.78 is 13.4. The largest absolute Gasteiger partial charge is 0.395 e. The molecule has 1 aliphatic heterocycles. The minimum absolute atomic E-state index is 0.274. The lowest BCUT2D eigenvalue weighted by molar-refractivity contribution is 0.249. The molecule has 94 valence electrons. The molecule has 17 heavy (non-hydrogen) atoms. The molecule has 0 unspecified atom stereocenters. The average molecular weight is 237 g/mol. The SMILES string of the molecule is CN(C)C1CCN(c2cccc(F)c2N)CC1. The minimum atomic E-state index is -0.322. The zero-order valence-electron chi connectivity index (χ0n) is 10.5. The van der Waals surface area contributed by atoms with Crippen molar-refractivity contribution in [2.24, 2.45) is 0 Å².